The molecule has 0 radical (unpaired) electrons. The lowest BCUT2D eigenvalue weighted by molar-refractivity contribution is -0.141. The van der Waals surface area contributed by atoms with Gasteiger partial charge < -0.3 is 15.4 Å². The van der Waals surface area contributed by atoms with E-state index in [0.717, 1.165) is 11.1 Å². The van der Waals surface area contributed by atoms with Gasteiger partial charge in [0.1, 0.15) is 6.04 Å². The molecule has 1 heterocycles. The van der Waals surface area contributed by atoms with Crippen molar-refractivity contribution in [3.05, 3.63) is 53.6 Å². The predicted octanol–water partition coefficient (Wildman–Crippen LogP) is 1.07. The van der Waals surface area contributed by atoms with Gasteiger partial charge in [-0.25, -0.2) is 9.78 Å². The second kappa shape index (κ2) is 6.69. The number of benzene rings is 1. The summed E-state index contributed by atoms with van der Waals surface area (Å²) in [6.45, 7) is 1.92. The van der Waals surface area contributed by atoms with Crippen LogP contribution in [0.15, 0.2) is 36.8 Å². The van der Waals surface area contributed by atoms with Crippen LogP contribution in [0.1, 0.15) is 16.8 Å². The maximum atomic E-state index is 12.0. The molecule has 1 aromatic carbocycles. The first-order valence-corrected chi connectivity index (χ1v) is 6.60. The number of nitrogens with zero attached hydrogens (tertiary/aromatic N) is 1. The average Bonchev–Trinajstić information content (AvgIpc) is 2.93. The number of carboxylic acid groups (broad SMARTS) is 1. The molecule has 0 aliphatic heterocycles. The molecule has 6 nitrogen and oxygen atoms in total. The number of carbonyl (C=O) groups excluding carboxylic acids is 1. The summed E-state index contributed by atoms with van der Waals surface area (Å²) >= 11 is 0. The third kappa shape index (κ3) is 4.17. The molecule has 0 saturated carbocycles. The van der Waals surface area contributed by atoms with Crippen LogP contribution in [-0.2, 0) is 22.4 Å². The van der Waals surface area contributed by atoms with Gasteiger partial charge in [0.15, 0.2) is 0 Å². The van der Waals surface area contributed by atoms with Crippen LogP contribution >= 0.6 is 0 Å². The van der Waals surface area contributed by atoms with Gasteiger partial charge in [-0.15, -0.1) is 0 Å². The number of H-pyrrole nitrogens is 1. The van der Waals surface area contributed by atoms with Crippen molar-refractivity contribution in [2.75, 3.05) is 0 Å². The van der Waals surface area contributed by atoms with E-state index in [0.29, 0.717) is 5.69 Å². The minimum absolute atomic E-state index is 0.166. The number of hydrogen-bond donors (Lipinski definition) is 3. The quantitative estimate of drug-likeness (QED) is 0.740. The first kappa shape index (κ1) is 14.8. The third-order valence-corrected chi connectivity index (χ3v) is 3.22. The lowest BCUT2D eigenvalue weighted by Crippen LogP contribution is -2.43. The van der Waals surface area contributed by atoms with E-state index >= 15 is 0 Å². The molecule has 6 heteroatoms. The highest BCUT2D eigenvalue weighted by Gasteiger charge is 2.21. The number of carboxylic acids is 1. The minimum Gasteiger partial charge on any atom is -0.480 e. The maximum absolute atomic E-state index is 12.0. The summed E-state index contributed by atoms with van der Waals surface area (Å²) in [7, 11) is 0. The minimum atomic E-state index is -1.07. The topological polar surface area (TPSA) is 95.1 Å². The van der Waals surface area contributed by atoms with Crippen LogP contribution in [0, 0.1) is 6.92 Å². The summed E-state index contributed by atoms with van der Waals surface area (Å²) in [6.07, 6.45) is 3.36. The number of aliphatic carboxylic acids is 1. The standard InChI is InChI=1S/C15H17N3O3/c1-10-4-2-3-5-11(10)6-14(19)18-13(15(20)21)7-12-8-16-9-17-12/h2-5,8-9,13H,6-7H2,1H3,(H,16,17)(H,18,19)(H,20,21). The molecule has 0 fully saturated rings. The van der Waals surface area contributed by atoms with E-state index in [1.165, 1.54) is 6.33 Å². The molecule has 1 aromatic heterocycles. The molecular weight excluding hydrogens is 270 g/mol. The maximum Gasteiger partial charge on any atom is 0.326 e. The van der Waals surface area contributed by atoms with E-state index in [1.807, 2.05) is 31.2 Å². The molecule has 1 atom stereocenters. The van der Waals surface area contributed by atoms with Crippen molar-refractivity contribution in [2.24, 2.45) is 0 Å². The number of carbonyl (C=O) groups is 2. The molecule has 0 bridgehead atoms. The number of hydrogen-bond acceptors (Lipinski definition) is 3. The summed E-state index contributed by atoms with van der Waals surface area (Å²) in [6, 6.07) is 6.56. The van der Waals surface area contributed by atoms with Crippen LogP contribution in [0.25, 0.3) is 0 Å². The van der Waals surface area contributed by atoms with Gasteiger partial charge in [-0.05, 0) is 18.1 Å². The number of aromatic nitrogens is 2. The molecule has 0 saturated heterocycles. The SMILES string of the molecule is Cc1ccccc1CC(=O)NC(Cc1cnc[nH]1)C(=O)O. The van der Waals surface area contributed by atoms with Gasteiger partial charge >= 0.3 is 5.97 Å². The molecule has 21 heavy (non-hydrogen) atoms. The lowest BCUT2D eigenvalue weighted by Gasteiger charge is -2.14. The smallest absolute Gasteiger partial charge is 0.326 e. The Labute approximate surface area is 122 Å². The normalized spacial score (nSPS) is 11.9. The van der Waals surface area contributed by atoms with Gasteiger partial charge in [0, 0.05) is 18.3 Å². The second-order valence-corrected chi connectivity index (χ2v) is 4.84. The molecule has 2 rings (SSSR count). The third-order valence-electron chi connectivity index (χ3n) is 3.22. The molecule has 1 unspecified atom stereocenters. The zero-order valence-corrected chi connectivity index (χ0v) is 11.7. The van der Waals surface area contributed by atoms with Crippen LogP contribution in [0.5, 0.6) is 0 Å². The summed E-state index contributed by atoms with van der Waals surface area (Å²) < 4.78 is 0. The van der Waals surface area contributed by atoms with Crippen molar-refractivity contribution in [1.82, 2.24) is 15.3 Å². The highest BCUT2D eigenvalue weighted by atomic mass is 16.4. The first-order valence-electron chi connectivity index (χ1n) is 6.60. The summed E-state index contributed by atoms with van der Waals surface area (Å²) in [5, 5.41) is 11.7. The Bertz CT molecular complexity index is 623. The summed E-state index contributed by atoms with van der Waals surface area (Å²) in [5.41, 5.74) is 2.56. The van der Waals surface area contributed by atoms with E-state index in [4.69, 9.17) is 0 Å². The molecule has 3 N–H and O–H groups in total. The Balaban J connectivity index is 1.98. The van der Waals surface area contributed by atoms with Crippen molar-refractivity contribution in [3.8, 4) is 0 Å². The Morgan fingerprint density at radius 2 is 2.14 bits per heavy atom. The van der Waals surface area contributed by atoms with Gasteiger partial charge in [-0.3, -0.25) is 4.79 Å². The number of amides is 1. The van der Waals surface area contributed by atoms with Crippen molar-refractivity contribution >= 4 is 11.9 Å². The Morgan fingerprint density at radius 3 is 2.76 bits per heavy atom. The fourth-order valence-electron chi connectivity index (χ4n) is 2.04. The number of imidazole rings is 1. The number of nitrogens with one attached hydrogen (secondary N) is 2. The lowest BCUT2D eigenvalue weighted by atomic mass is 10.1. The largest absolute Gasteiger partial charge is 0.480 e. The Kier molecular flexibility index (Phi) is 4.71. The van der Waals surface area contributed by atoms with Gasteiger partial charge in [0.2, 0.25) is 5.91 Å². The molecule has 2 aromatic rings. The zero-order chi connectivity index (χ0) is 15.2. The van der Waals surface area contributed by atoms with Gasteiger partial charge in [-0.2, -0.15) is 0 Å². The van der Waals surface area contributed by atoms with Crippen LogP contribution in [0.3, 0.4) is 0 Å². The fourth-order valence-corrected chi connectivity index (χ4v) is 2.04. The molecule has 1 amide bonds. The predicted molar refractivity (Wildman–Crippen MR) is 76.7 cm³/mol. The van der Waals surface area contributed by atoms with Crippen LogP contribution in [0.2, 0.25) is 0 Å². The van der Waals surface area contributed by atoms with E-state index in [9.17, 15) is 14.7 Å². The number of aromatic amines is 1. The monoisotopic (exact) mass is 287 g/mol. The summed E-state index contributed by atoms with van der Waals surface area (Å²) in [5.74, 6) is -1.38. The molecule has 0 spiro atoms. The van der Waals surface area contributed by atoms with Crippen molar-refractivity contribution < 1.29 is 14.7 Å². The van der Waals surface area contributed by atoms with Crippen LogP contribution < -0.4 is 5.32 Å². The first-order chi connectivity index (χ1) is 10.1. The van der Waals surface area contributed by atoms with Gasteiger partial charge in [0.25, 0.3) is 0 Å². The second-order valence-electron chi connectivity index (χ2n) is 4.84. The highest BCUT2D eigenvalue weighted by Crippen LogP contribution is 2.08. The summed E-state index contributed by atoms with van der Waals surface area (Å²) in [4.78, 5) is 29.9. The van der Waals surface area contributed by atoms with Gasteiger partial charge in [-0.1, -0.05) is 24.3 Å². The van der Waals surface area contributed by atoms with E-state index < -0.39 is 12.0 Å². The molecule has 110 valence electrons. The number of rotatable bonds is 6. The average molecular weight is 287 g/mol. The number of aryl methyl sites for hydroxylation is 1. The van der Waals surface area contributed by atoms with Crippen molar-refractivity contribution in [2.45, 2.75) is 25.8 Å². The van der Waals surface area contributed by atoms with Crippen LogP contribution in [0.4, 0.5) is 0 Å². The molecular formula is C15H17N3O3. The molecule has 0 aliphatic carbocycles. The van der Waals surface area contributed by atoms with E-state index in [2.05, 4.69) is 15.3 Å². The van der Waals surface area contributed by atoms with E-state index in [-0.39, 0.29) is 18.7 Å². The van der Waals surface area contributed by atoms with Crippen LogP contribution in [-0.4, -0.2) is 33.0 Å². The highest BCUT2D eigenvalue weighted by molar-refractivity contribution is 5.85. The fraction of sp³-hybridized carbons (Fsp3) is 0.267. The zero-order valence-electron chi connectivity index (χ0n) is 11.7. The molecule has 0 aliphatic rings. The van der Waals surface area contributed by atoms with Crippen molar-refractivity contribution in [3.63, 3.8) is 0 Å². The van der Waals surface area contributed by atoms with E-state index in [1.54, 1.807) is 6.20 Å². The van der Waals surface area contributed by atoms with Crippen molar-refractivity contribution in [1.29, 1.82) is 0 Å². The van der Waals surface area contributed by atoms with Gasteiger partial charge in [0.05, 0.1) is 12.7 Å². The Hall–Kier alpha value is -2.63. The Morgan fingerprint density at radius 1 is 1.38 bits per heavy atom.